The topological polar surface area (TPSA) is 0 Å². The van der Waals surface area contributed by atoms with E-state index < -0.39 is 0 Å². The Morgan fingerprint density at radius 2 is 2.00 bits per heavy atom. The Morgan fingerprint density at radius 1 is 1.36 bits per heavy atom. The highest BCUT2D eigenvalue weighted by Gasteiger charge is 2.04. The van der Waals surface area contributed by atoms with Gasteiger partial charge in [0.25, 0.3) is 0 Å². The van der Waals surface area contributed by atoms with E-state index in [2.05, 4.69) is 0 Å². The summed E-state index contributed by atoms with van der Waals surface area (Å²) in [7, 11) is 0. The van der Waals surface area contributed by atoms with Crippen LogP contribution in [0.3, 0.4) is 0 Å². The summed E-state index contributed by atoms with van der Waals surface area (Å²) >= 11 is 5.54. The fraction of sp³-hybridized carbons (Fsp3) is 0.333. The summed E-state index contributed by atoms with van der Waals surface area (Å²) in [4.78, 5) is 0. The van der Waals surface area contributed by atoms with Crippen LogP contribution in [0.4, 0.5) is 4.39 Å². The van der Waals surface area contributed by atoms with Gasteiger partial charge in [0, 0.05) is 5.56 Å². The van der Waals surface area contributed by atoms with Crippen molar-refractivity contribution < 1.29 is 4.39 Å². The number of hydrogen-bond acceptors (Lipinski definition) is 0. The van der Waals surface area contributed by atoms with Crippen molar-refractivity contribution in [2.75, 3.05) is 0 Å². The van der Waals surface area contributed by atoms with Crippen LogP contribution in [0.2, 0.25) is 0 Å². The summed E-state index contributed by atoms with van der Waals surface area (Å²) in [6.45, 7) is 3.68. The number of halogens is 2. The second-order valence-electron chi connectivity index (χ2n) is 2.69. The molecule has 0 aliphatic heterocycles. The van der Waals surface area contributed by atoms with Crippen molar-refractivity contribution >= 4 is 11.6 Å². The Labute approximate surface area is 71.0 Å². The maximum absolute atomic E-state index is 13.1. The number of hydrogen-bond donors (Lipinski definition) is 0. The van der Waals surface area contributed by atoms with Gasteiger partial charge in [-0.05, 0) is 19.4 Å². The minimum absolute atomic E-state index is 0.175. The third-order valence-electron chi connectivity index (χ3n) is 1.62. The van der Waals surface area contributed by atoms with Gasteiger partial charge in [0.1, 0.15) is 5.82 Å². The van der Waals surface area contributed by atoms with E-state index in [9.17, 15) is 4.39 Å². The molecule has 0 unspecified atom stereocenters. The Balaban J connectivity index is 3.24. The summed E-state index contributed by atoms with van der Waals surface area (Å²) in [6, 6.07) is 3.58. The molecule has 0 bridgehead atoms. The van der Waals surface area contributed by atoms with Crippen LogP contribution in [0.25, 0.3) is 0 Å². The fourth-order valence-corrected chi connectivity index (χ4v) is 1.33. The molecular weight excluding hydrogens is 163 g/mol. The van der Waals surface area contributed by atoms with Crippen molar-refractivity contribution in [2.45, 2.75) is 19.7 Å². The molecule has 0 atom stereocenters. The van der Waals surface area contributed by atoms with Gasteiger partial charge in [-0.3, -0.25) is 0 Å². The van der Waals surface area contributed by atoms with E-state index in [1.807, 2.05) is 13.0 Å². The summed E-state index contributed by atoms with van der Waals surface area (Å²) in [5.74, 6) is 0.0690. The summed E-state index contributed by atoms with van der Waals surface area (Å²) < 4.78 is 13.1. The lowest BCUT2D eigenvalue weighted by Gasteiger charge is -2.03. The lowest BCUT2D eigenvalue weighted by atomic mass is 10.1. The first-order valence-electron chi connectivity index (χ1n) is 3.46. The largest absolute Gasteiger partial charge is 0.206 e. The second-order valence-corrected chi connectivity index (χ2v) is 2.96. The minimum atomic E-state index is -0.175. The molecule has 1 aromatic rings. The normalized spacial score (nSPS) is 10.2. The molecule has 0 fully saturated rings. The molecule has 1 rings (SSSR count). The van der Waals surface area contributed by atoms with Crippen molar-refractivity contribution in [1.29, 1.82) is 0 Å². The molecule has 60 valence electrons. The molecule has 0 amide bonds. The monoisotopic (exact) mass is 172 g/mol. The van der Waals surface area contributed by atoms with E-state index in [4.69, 9.17) is 11.6 Å². The maximum Gasteiger partial charge on any atom is 0.130 e. The van der Waals surface area contributed by atoms with E-state index in [1.165, 1.54) is 0 Å². The SMILES string of the molecule is Cc1cc(C)c(F)c(CCl)c1. The standard InChI is InChI=1S/C9H10ClF/c1-6-3-7(2)9(11)8(4-6)5-10/h3-4H,5H2,1-2H3. The average molecular weight is 173 g/mol. The molecular formula is C9H10ClF. The van der Waals surface area contributed by atoms with Gasteiger partial charge in [0.15, 0.2) is 0 Å². The number of rotatable bonds is 1. The quantitative estimate of drug-likeness (QED) is 0.571. The van der Waals surface area contributed by atoms with Crippen LogP contribution in [0, 0.1) is 19.7 Å². The van der Waals surface area contributed by atoms with Gasteiger partial charge >= 0.3 is 0 Å². The smallest absolute Gasteiger partial charge is 0.130 e. The molecule has 0 heterocycles. The van der Waals surface area contributed by atoms with Crippen LogP contribution in [0.1, 0.15) is 16.7 Å². The molecule has 0 saturated heterocycles. The molecule has 0 radical (unpaired) electrons. The van der Waals surface area contributed by atoms with Crippen LogP contribution in [-0.2, 0) is 5.88 Å². The Hall–Kier alpha value is -0.560. The predicted octanol–water partition coefficient (Wildman–Crippen LogP) is 3.18. The highest BCUT2D eigenvalue weighted by molar-refractivity contribution is 6.17. The van der Waals surface area contributed by atoms with Gasteiger partial charge in [0.2, 0.25) is 0 Å². The molecule has 11 heavy (non-hydrogen) atoms. The zero-order valence-electron chi connectivity index (χ0n) is 6.62. The van der Waals surface area contributed by atoms with Crippen molar-refractivity contribution in [3.63, 3.8) is 0 Å². The van der Waals surface area contributed by atoms with Crippen LogP contribution in [-0.4, -0.2) is 0 Å². The number of benzene rings is 1. The van der Waals surface area contributed by atoms with Gasteiger partial charge < -0.3 is 0 Å². The van der Waals surface area contributed by atoms with Crippen LogP contribution in [0.5, 0.6) is 0 Å². The third kappa shape index (κ3) is 1.72. The summed E-state index contributed by atoms with van der Waals surface area (Å²) in [5, 5.41) is 0. The van der Waals surface area contributed by atoms with Gasteiger partial charge in [0.05, 0.1) is 5.88 Å². The second kappa shape index (κ2) is 3.22. The van der Waals surface area contributed by atoms with E-state index in [0.29, 0.717) is 11.1 Å². The number of alkyl halides is 1. The molecule has 0 nitrogen and oxygen atoms in total. The Bertz CT molecular complexity index is 269. The maximum atomic E-state index is 13.1. The fourth-order valence-electron chi connectivity index (χ4n) is 1.14. The molecule has 0 aliphatic carbocycles. The van der Waals surface area contributed by atoms with E-state index in [0.717, 1.165) is 5.56 Å². The molecule has 0 saturated carbocycles. The zero-order valence-corrected chi connectivity index (χ0v) is 7.37. The first-order valence-corrected chi connectivity index (χ1v) is 4.00. The van der Waals surface area contributed by atoms with Crippen molar-refractivity contribution in [2.24, 2.45) is 0 Å². The highest BCUT2D eigenvalue weighted by Crippen LogP contribution is 2.16. The van der Waals surface area contributed by atoms with E-state index >= 15 is 0 Å². The molecule has 0 N–H and O–H groups in total. The van der Waals surface area contributed by atoms with Crippen molar-refractivity contribution in [3.8, 4) is 0 Å². The third-order valence-corrected chi connectivity index (χ3v) is 1.91. The lowest BCUT2D eigenvalue weighted by Crippen LogP contribution is -1.91. The minimum Gasteiger partial charge on any atom is -0.206 e. The van der Waals surface area contributed by atoms with Gasteiger partial charge in [-0.2, -0.15) is 0 Å². The Morgan fingerprint density at radius 3 is 2.55 bits per heavy atom. The van der Waals surface area contributed by atoms with Crippen molar-refractivity contribution in [3.05, 3.63) is 34.6 Å². The van der Waals surface area contributed by atoms with E-state index in [1.54, 1.807) is 13.0 Å². The summed E-state index contributed by atoms with van der Waals surface area (Å²) in [6.07, 6.45) is 0. The van der Waals surface area contributed by atoms with Crippen molar-refractivity contribution in [1.82, 2.24) is 0 Å². The predicted molar refractivity (Wildman–Crippen MR) is 45.4 cm³/mol. The molecule has 0 aromatic heterocycles. The molecule has 0 aliphatic rings. The molecule has 0 spiro atoms. The zero-order chi connectivity index (χ0) is 8.43. The van der Waals surface area contributed by atoms with Crippen LogP contribution >= 0.6 is 11.6 Å². The summed E-state index contributed by atoms with van der Waals surface area (Å²) in [5.41, 5.74) is 2.31. The van der Waals surface area contributed by atoms with Gasteiger partial charge in [-0.15, -0.1) is 11.6 Å². The first-order chi connectivity index (χ1) is 5.15. The Kier molecular flexibility index (Phi) is 2.50. The molecule has 2 heteroatoms. The lowest BCUT2D eigenvalue weighted by molar-refractivity contribution is 0.607. The van der Waals surface area contributed by atoms with Gasteiger partial charge in [-0.1, -0.05) is 17.7 Å². The van der Waals surface area contributed by atoms with Crippen LogP contribution < -0.4 is 0 Å². The van der Waals surface area contributed by atoms with E-state index in [-0.39, 0.29) is 11.7 Å². The van der Waals surface area contributed by atoms with Crippen LogP contribution in [0.15, 0.2) is 12.1 Å². The molecule has 1 aromatic carbocycles. The number of aryl methyl sites for hydroxylation is 2. The first kappa shape index (κ1) is 8.54. The highest BCUT2D eigenvalue weighted by atomic mass is 35.5. The van der Waals surface area contributed by atoms with Gasteiger partial charge in [-0.25, -0.2) is 4.39 Å². The average Bonchev–Trinajstić information content (AvgIpc) is 1.96.